The molecule has 1 aromatic carbocycles. The maximum Gasteiger partial charge on any atom is 0.129 e. The fourth-order valence-corrected chi connectivity index (χ4v) is 1.48. The Kier molecular flexibility index (Phi) is 1.68. The second-order valence-electron chi connectivity index (χ2n) is 2.90. The molecule has 62 valence electrons. The molecule has 0 aromatic heterocycles. The van der Waals surface area contributed by atoms with Crippen LogP contribution in [0.25, 0.3) is 0 Å². The summed E-state index contributed by atoms with van der Waals surface area (Å²) in [6, 6.07) is 2.35. The normalized spacial score (nSPS) is 14.5. The van der Waals surface area contributed by atoms with Crippen molar-refractivity contribution in [3.63, 3.8) is 0 Å². The third kappa shape index (κ3) is 1.13. The Morgan fingerprint density at radius 2 is 1.75 bits per heavy atom. The third-order valence-electron chi connectivity index (χ3n) is 2.08. The summed E-state index contributed by atoms with van der Waals surface area (Å²) < 4.78 is 25.7. The molecule has 0 fully saturated rings. The molecule has 0 radical (unpaired) electrons. The van der Waals surface area contributed by atoms with Crippen molar-refractivity contribution in [3.8, 4) is 0 Å². The van der Waals surface area contributed by atoms with Crippen LogP contribution in [0.4, 0.5) is 8.78 Å². The zero-order valence-electron chi connectivity index (χ0n) is 6.48. The Bertz CT molecular complexity index is 340. The maximum atomic E-state index is 13.1. The van der Waals surface area contributed by atoms with E-state index in [2.05, 4.69) is 0 Å². The van der Waals surface area contributed by atoms with Crippen molar-refractivity contribution in [1.82, 2.24) is 0 Å². The minimum Gasteiger partial charge on any atom is -0.207 e. The van der Waals surface area contributed by atoms with Crippen LogP contribution in [-0.2, 0) is 12.8 Å². The first kappa shape index (κ1) is 7.47. The lowest BCUT2D eigenvalue weighted by molar-refractivity contribution is 0.570. The average Bonchev–Trinajstić information content (AvgIpc) is 2.04. The van der Waals surface area contributed by atoms with E-state index in [1.54, 1.807) is 0 Å². The molecule has 0 heterocycles. The molecule has 0 atom stereocenters. The van der Waals surface area contributed by atoms with Crippen molar-refractivity contribution in [2.75, 3.05) is 0 Å². The summed E-state index contributed by atoms with van der Waals surface area (Å²) in [5.41, 5.74) is 1.41. The molecule has 0 spiro atoms. The van der Waals surface area contributed by atoms with E-state index in [1.165, 1.54) is 6.07 Å². The predicted molar refractivity (Wildman–Crippen MR) is 42.9 cm³/mol. The summed E-state index contributed by atoms with van der Waals surface area (Å²) in [6.07, 6.45) is 5.07. The van der Waals surface area contributed by atoms with Gasteiger partial charge in [-0.25, -0.2) is 8.78 Å². The van der Waals surface area contributed by atoms with Gasteiger partial charge >= 0.3 is 0 Å². The summed E-state index contributed by atoms with van der Waals surface area (Å²) in [6.45, 7) is 0. The molecular formula is C10H8F2. The number of hydrogen-bond donors (Lipinski definition) is 0. The molecule has 2 heteroatoms. The van der Waals surface area contributed by atoms with Crippen LogP contribution >= 0.6 is 0 Å². The molecule has 1 aliphatic carbocycles. The molecule has 0 amide bonds. The second-order valence-corrected chi connectivity index (χ2v) is 2.90. The summed E-state index contributed by atoms with van der Waals surface area (Å²) in [5.74, 6) is -0.907. The quantitative estimate of drug-likeness (QED) is 0.520. The van der Waals surface area contributed by atoms with Gasteiger partial charge in [0.25, 0.3) is 0 Å². The van der Waals surface area contributed by atoms with Gasteiger partial charge in [0.2, 0.25) is 0 Å². The summed E-state index contributed by atoms with van der Waals surface area (Å²) in [7, 11) is 0. The van der Waals surface area contributed by atoms with Gasteiger partial charge in [0.05, 0.1) is 0 Å². The van der Waals surface area contributed by atoms with Gasteiger partial charge in [-0.1, -0.05) is 12.2 Å². The first-order valence-electron chi connectivity index (χ1n) is 3.89. The molecule has 0 bridgehead atoms. The van der Waals surface area contributed by atoms with Gasteiger partial charge in [0.15, 0.2) is 0 Å². The van der Waals surface area contributed by atoms with Crippen molar-refractivity contribution < 1.29 is 8.78 Å². The molecule has 1 aromatic rings. The number of hydrogen-bond acceptors (Lipinski definition) is 0. The van der Waals surface area contributed by atoms with Crippen LogP contribution in [0.2, 0.25) is 0 Å². The largest absolute Gasteiger partial charge is 0.207 e. The van der Waals surface area contributed by atoms with E-state index in [0.29, 0.717) is 18.4 Å². The number of fused-ring (bicyclic) bond motifs is 1. The van der Waals surface area contributed by atoms with Crippen molar-refractivity contribution in [1.29, 1.82) is 0 Å². The zero-order valence-corrected chi connectivity index (χ0v) is 6.48. The maximum absolute atomic E-state index is 13.1. The molecule has 2 rings (SSSR count). The Morgan fingerprint density at radius 1 is 1.00 bits per heavy atom. The van der Waals surface area contributed by atoms with Crippen LogP contribution in [0.3, 0.4) is 0 Å². The minimum absolute atomic E-state index is 0.422. The topological polar surface area (TPSA) is 0 Å². The molecule has 1 aliphatic rings. The van der Waals surface area contributed by atoms with Crippen molar-refractivity contribution in [2.45, 2.75) is 12.8 Å². The van der Waals surface area contributed by atoms with E-state index in [4.69, 9.17) is 0 Å². The first-order chi connectivity index (χ1) is 5.77. The molecular weight excluding hydrogens is 158 g/mol. The Labute approximate surface area is 69.5 Å². The van der Waals surface area contributed by atoms with E-state index >= 15 is 0 Å². The summed E-state index contributed by atoms with van der Waals surface area (Å²) >= 11 is 0. The fourth-order valence-electron chi connectivity index (χ4n) is 1.48. The van der Waals surface area contributed by atoms with E-state index in [1.807, 2.05) is 12.2 Å². The Hall–Kier alpha value is -1.18. The monoisotopic (exact) mass is 166 g/mol. The lowest BCUT2D eigenvalue weighted by atomic mass is 9.96. The van der Waals surface area contributed by atoms with Gasteiger partial charge < -0.3 is 0 Å². The smallest absolute Gasteiger partial charge is 0.129 e. The van der Waals surface area contributed by atoms with Gasteiger partial charge in [0, 0.05) is 6.07 Å². The lowest BCUT2D eigenvalue weighted by Gasteiger charge is -2.11. The lowest BCUT2D eigenvalue weighted by Crippen LogP contribution is -2.01. The second kappa shape index (κ2) is 2.70. The van der Waals surface area contributed by atoms with E-state index in [9.17, 15) is 8.78 Å². The minimum atomic E-state index is -0.485. The SMILES string of the molecule is Fc1cc(F)c2c(c1)CC=CC2. The molecule has 0 aliphatic heterocycles. The zero-order chi connectivity index (χ0) is 8.55. The Balaban J connectivity index is 2.57. The van der Waals surface area contributed by atoms with E-state index in [-0.39, 0.29) is 0 Å². The van der Waals surface area contributed by atoms with Gasteiger partial charge in [0.1, 0.15) is 11.6 Å². The Morgan fingerprint density at radius 3 is 2.58 bits per heavy atom. The molecule has 0 saturated heterocycles. The van der Waals surface area contributed by atoms with Crippen LogP contribution in [0.1, 0.15) is 11.1 Å². The van der Waals surface area contributed by atoms with Crippen LogP contribution in [0, 0.1) is 11.6 Å². The molecule has 0 saturated carbocycles. The molecule has 0 unspecified atom stereocenters. The van der Waals surface area contributed by atoms with Crippen LogP contribution in [0.5, 0.6) is 0 Å². The van der Waals surface area contributed by atoms with E-state index in [0.717, 1.165) is 11.6 Å². The van der Waals surface area contributed by atoms with Crippen molar-refractivity contribution in [3.05, 3.63) is 47.0 Å². The van der Waals surface area contributed by atoms with Crippen molar-refractivity contribution >= 4 is 0 Å². The number of rotatable bonds is 0. The van der Waals surface area contributed by atoms with Gasteiger partial charge in [-0.15, -0.1) is 0 Å². The molecule has 0 nitrogen and oxygen atoms in total. The van der Waals surface area contributed by atoms with Gasteiger partial charge in [-0.05, 0) is 30.0 Å². The molecule has 0 N–H and O–H groups in total. The highest BCUT2D eigenvalue weighted by Gasteiger charge is 2.11. The number of halogens is 2. The number of benzene rings is 1. The highest BCUT2D eigenvalue weighted by molar-refractivity contribution is 5.35. The third-order valence-corrected chi connectivity index (χ3v) is 2.08. The van der Waals surface area contributed by atoms with Crippen LogP contribution in [0.15, 0.2) is 24.3 Å². The van der Waals surface area contributed by atoms with E-state index < -0.39 is 11.6 Å². The highest BCUT2D eigenvalue weighted by atomic mass is 19.1. The number of allylic oxidation sites excluding steroid dienone is 2. The van der Waals surface area contributed by atoms with Gasteiger partial charge in [-0.3, -0.25) is 0 Å². The predicted octanol–water partition coefficient (Wildman–Crippen LogP) is 2.62. The van der Waals surface area contributed by atoms with Gasteiger partial charge in [-0.2, -0.15) is 0 Å². The van der Waals surface area contributed by atoms with Crippen LogP contribution in [-0.4, -0.2) is 0 Å². The fraction of sp³-hybridized carbons (Fsp3) is 0.200. The highest BCUT2D eigenvalue weighted by Crippen LogP contribution is 2.20. The van der Waals surface area contributed by atoms with Crippen molar-refractivity contribution in [2.24, 2.45) is 0 Å². The summed E-state index contributed by atoms with van der Waals surface area (Å²) in [4.78, 5) is 0. The molecule has 12 heavy (non-hydrogen) atoms. The average molecular weight is 166 g/mol. The standard InChI is InChI=1S/C10H8F2/c11-8-5-7-3-1-2-4-9(7)10(12)6-8/h1-2,5-6H,3-4H2. The first-order valence-corrected chi connectivity index (χ1v) is 3.89. The van der Waals surface area contributed by atoms with Crippen LogP contribution < -0.4 is 0 Å². The summed E-state index contributed by atoms with van der Waals surface area (Å²) in [5, 5.41) is 0.